The van der Waals surface area contributed by atoms with E-state index in [1.165, 1.54) is 6.92 Å². The molecule has 0 radical (unpaired) electrons. The summed E-state index contributed by atoms with van der Waals surface area (Å²) < 4.78 is 1.68. The van der Waals surface area contributed by atoms with Gasteiger partial charge in [-0.15, -0.1) is 0 Å². The fraction of sp³-hybridized carbons (Fsp3) is 0.545. The van der Waals surface area contributed by atoms with Gasteiger partial charge in [-0.2, -0.15) is 5.10 Å². The standard InChI is InChI=1S/C11H18N4O3/c1-7(2)15-9(4-5-13-15)14-10(16)6-12-8(3)11(17)18/h4-5,7-8,12H,6H2,1-3H3,(H,14,16)(H,17,18)/t8-/m1/s1. The highest BCUT2D eigenvalue weighted by molar-refractivity contribution is 5.91. The molecule has 7 heteroatoms. The van der Waals surface area contributed by atoms with Crippen molar-refractivity contribution in [1.29, 1.82) is 0 Å². The molecule has 1 rings (SSSR count). The molecule has 0 fully saturated rings. The summed E-state index contributed by atoms with van der Waals surface area (Å²) in [5.74, 6) is -0.694. The third-order valence-electron chi connectivity index (χ3n) is 2.37. The summed E-state index contributed by atoms with van der Waals surface area (Å²) in [5, 5.41) is 18.0. The Balaban J connectivity index is 2.50. The molecule has 1 aromatic rings. The van der Waals surface area contributed by atoms with E-state index in [2.05, 4.69) is 15.7 Å². The van der Waals surface area contributed by atoms with Gasteiger partial charge in [0.15, 0.2) is 0 Å². The molecular formula is C11H18N4O3. The summed E-state index contributed by atoms with van der Waals surface area (Å²) in [6.07, 6.45) is 1.60. The van der Waals surface area contributed by atoms with Gasteiger partial charge in [-0.05, 0) is 20.8 Å². The van der Waals surface area contributed by atoms with Gasteiger partial charge in [0.25, 0.3) is 0 Å². The van der Waals surface area contributed by atoms with E-state index >= 15 is 0 Å². The van der Waals surface area contributed by atoms with Gasteiger partial charge in [0, 0.05) is 12.1 Å². The highest BCUT2D eigenvalue weighted by atomic mass is 16.4. The molecule has 0 spiro atoms. The third-order valence-corrected chi connectivity index (χ3v) is 2.37. The Kier molecular flexibility index (Phi) is 4.85. The Morgan fingerprint density at radius 2 is 2.11 bits per heavy atom. The number of hydrogen-bond donors (Lipinski definition) is 3. The zero-order valence-corrected chi connectivity index (χ0v) is 10.7. The zero-order valence-electron chi connectivity index (χ0n) is 10.7. The van der Waals surface area contributed by atoms with Crippen LogP contribution in [-0.4, -0.2) is 39.4 Å². The van der Waals surface area contributed by atoms with Crippen LogP contribution < -0.4 is 10.6 Å². The van der Waals surface area contributed by atoms with E-state index in [1.54, 1.807) is 16.9 Å². The number of aliphatic carboxylic acids is 1. The van der Waals surface area contributed by atoms with Crippen LogP contribution in [0.25, 0.3) is 0 Å². The van der Waals surface area contributed by atoms with Gasteiger partial charge in [0.2, 0.25) is 5.91 Å². The van der Waals surface area contributed by atoms with E-state index in [1.807, 2.05) is 13.8 Å². The summed E-state index contributed by atoms with van der Waals surface area (Å²) >= 11 is 0. The number of aromatic nitrogens is 2. The SMILES string of the molecule is CC(C)n1nccc1NC(=O)CN[C@H](C)C(=O)O. The van der Waals surface area contributed by atoms with E-state index in [0.29, 0.717) is 5.82 Å². The lowest BCUT2D eigenvalue weighted by atomic mass is 10.3. The summed E-state index contributed by atoms with van der Waals surface area (Å²) in [6.45, 7) is 5.32. The second kappa shape index (κ2) is 6.15. The van der Waals surface area contributed by atoms with Gasteiger partial charge in [0.05, 0.1) is 12.7 Å². The maximum Gasteiger partial charge on any atom is 0.320 e. The van der Waals surface area contributed by atoms with Gasteiger partial charge in [-0.3, -0.25) is 14.9 Å². The number of hydrogen-bond acceptors (Lipinski definition) is 4. The van der Waals surface area contributed by atoms with Crippen LogP contribution in [0, 0.1) is 0 Å². The molecule has 3 N–H and O–H groups in total. The average molecular weight is 254 g/mol. The quantitative estimate of drug-likeness (QED) is 0.685. The van der Waals surface area contributed by atoms with E-state index in [4.69, 9.17) is 5.11 Å². The number of nitrogens with one attached hydrogen (secondary N) is 2. The summed E-state index contributed by atoms with van der Waals surface area (Å²) in [4.78, 5) is 22.2. The largest absolute Gasteiger partial charge is 0.480 e. The Hall–Kier alpha value is -1.89. The van der Waals surface area contributed by atoms with Gasteiger partial charge < -0.3 is 10.4 Å². The van der Waals surface area contributed by atoms with Crippen LogP contribution in [0.2, 0.25) is 0 Å². The van der Waals surface area contributed by atoms with Crippen LogP contribution in [0.5, 0.6) is 0 Å². The molecule has 0 saturated heterocycles. The first kappa shape index (κ1) is 14.2. The lowest BCUT2D eigenvalue weighted by molar-refractivity contribution is -0.139. The fourth-order valence-electron chi connectivity index (χ4n) is 1.34. The molecule has 1 aromatic heterocycles. The maximum atomic E-state index is 11.6. The Labute approximate surface area is 105 Å². The average Bonchev–Trinajstić information content (AvgIpc) is 2.73. The number of anilines is 1. The van der Waals surface area contributed by atoms with Gasteiger partial charge >= 0.3 is 5.97 Å². The topological polar surface area (TPSA) is 96.3 Å². The smallest absolute Gasteiger partial charge is 0.320 e. The molecule has 7 nitrogen and oxygen atoms in total. The van der Waals surface area contributed by atoms with Gasteiger partial charge in [-0.25, -0.2) is 4.68 Å². The first-order valence-electron chi connectivity index (χ1n) is 5.71. The molecule has 1 amide bonds. The number of nitrogens with zero attached hydrogens (tertiary/aromatic N) is 2. The van der Waals surface area contributed by atoms with Crippen molar-refractivity contribution in [2.24, 2.45) is 0 Å². The molecule has 0 aliphatic carbocycles. The molecule has 100 valence electrons. The van der Waals surface area contributed by atoms with E-state index in [9.17, 15) is 9.59 Å². The maximum absolute atomic E-state index is 11.6. The first-order valence-corrected chi connectivity index (χ1v) is 5.71. The van der Waals surface area contributed by atoms with Crippen molar-refractivity contribution < 1.29 is 14.7 Å². The molecular weight excluding hydrogens is 236 g/mol. The number of carboxylic acid groups (broad SMARTS) is 1. The minimum atomic E-state index is -0.991. The molecule has 0 unspecified atom stereocenters. The van der Waals surface area contributed by atoms with Crippen LogP contribution in [0.3, 0.4) is 0 Å². The van der Waals surface area contributed by atoms with Crippen LogP contribution in [0.15, 0.2) is 12.3 Å². The number of rotatable bonds is 6. The molecule has 0 bridgehead atoms. The molecule has 0 aliphatic rings. The van der Waals surface area contributed by atoms with Crippen molar-refractivity contribution in [2.45, 2.75) is 32.9 Å². The van der Waals surface area contributed by atoms with Crippen molar-refractivity contribution in [3.63, 3.8) is 0 Å². The monoisotopic (exact) mass is 254 g/mol. The van der Waals surface area contributed by atoms with Gasteiger partial charge in [-0.1, -0.05) is 0 Å². The molecule has 0 saturated carbocycles. The first-order chi connectivity index (χ1) is 8.41. The Bertz CT molecular complexity index is 428. The predicted molar refractivity (Wildman–Crippen MR) is 66.3 cm³/mol. The number of amides is 1. The van der Waals surface area contributed by atoms with E-state index in [-0.39, 0.29) is 18.5 Å². The van der Waals surface area contributed by atoms with Crippen LogP contribution >= 0.6 is 0 Å². The highest BCUT2D eigenvalue weighted by Gasteiger charge is 2.13. The lowest BCUT2D eigenvalue weighted by Gasteiger charge is -2.13. The number of carbonyl (C=O) groups is 2. The Morgan fingerprint density at radius 3 is 2.67 bits per heavy atom. The van der Waals surface area contributed by atoms with Crippen LogP contribution in [0.1, 0.15) is 26.8 Å². The number of carboxylic acids is 1. The van der Waals surface area contributed by atoms with Crippen molar-refractivity contribution in [2.75, 3.05) is 11.9 Å². The second-order valence-electron chi connectivity index (χ2n) is 4.24. The van der Waals surface area contributed by atoms with E-state index in [0.717, 1.165) is 0 Å². The minimum absolute atomic E-state index is 0.0588. The summed E-state index contributed by atoms with van der Waals surface area (Å²) in [5.41, 5.74) is 0. The van der Waals surface area contributed by atoms with Crippen molar-refractivity contribution in [1.82, 2.24) is 15.1 Å². The minimum Gasteiger partial charge on any atom is -0.480 e. The lowest BCUT2D eigenvalue weighted by Crippen LogP contribution is -2.39. The third kappa shape index (κ3) is 3.85. The summed E-state index contributed by atoms with van der Waals surface area (Å²) in [6, 6.07) is 1.07. The van der Waals surface area contributed by atoms with Crippen LogP contribution in [0.4, 0.5) is 5.82 Å². The molecule has 1 heterocycles. The zero-order chi connectivity index (χ0) is 13.7. The predicted octanol–water partition coefficient (Wildman–Crippen LogP) is 0.465. The van der Waals surface area contributed by atoms with Crippen molar-refractivity contribution in [3.05, 3.63) is 12.3 Å². The fourth-order valence-corrected chi connectivity index (χ4v) is 1.34. The second-order valence-corrected chi connectivity index (χ2v) is 4.24. The molecule has 0 aliphatic heterocycles. The van der Waals surface area contributed by atoms with E-state index < -0.39 is 12.0 Å². The normalized spacial score (nSPS) is 12.4. The number of carbonyl (C=O) groups excluding carboxylic acids is 1. The van der Waals surface area contributed by atoms with Gasteiger partial charge in [0.1, 0.15) is 11.9 Å². The van der Waals surface area contributed by atoms with Crippen LogP contribution in [-0.2, 0) is 9.59 Å². The van der Waals surface area contributed by atoms with Crippen molar-refractivity contribution in [3.8, 4) is 0 Å². The highest BCUT2D eigenvalue weighted by Crippen LogP contribution is 2.12. The molecule has 1 atom stereocenters. The summed E-state index contributed by atoms with van der Waals surface area (Å²) in [7, 11) is 0. The van der Waals surface area contributed by atoms with Crippen molar-refractivity contribution >= 4 is 17.7 Å². The molecule has 18 heavy (non-hydrogen) atoms. The molecule has 0 aromatic carbocycles. The Morgan fingerprint density at radius 1 is 1.44 bits per heavy atom.